The van der Waals surface area contributed by atoms with E-state index in [1.165, 1.54) is 22.8 Å². The predicted molar refractivity (Wildman–Crippen MR) is 91.7 cm³/mol. The van der Waals surface area contributed by atoms with E-state index in [0.717, 1.165) is 24.1 Å². The molecule has 0 unspecified atom stereocenters. The van der Waals surface area contributed by atoms with E-state index >= 15 is 0 Å². The zero-order valence-electron chi connectivity index (χ0n) is 12.0. The number of nitrogens with one attached hydrogen (secondary N) is 1. The molecule has 1 amide bonds. The molecule has 1 aliphatic rings. The van der Waals surface area contributed by atoms with Gasteiger partial charge in [0.2, 0.25) is 5.91 Å². The fourth-order valence-corrected chi connectivity index (χ4v) is 3.70. The summed E-state index contributed by atoms with van der Waals surface area (Å²) in [4.78, 5) is 12.3. The Bertz CT molecular complexity index is 481. The summed E-state index contributed by atoms with van der Waals surface area (Å²) in [6.07, 6.45) is 6.40. The third-order valence-corrected chi connectivity index (χ3v) is 5.02. The van der Waals surface area contributed by atoms with Gasteiger partial charge in [-0.1, -0.05) is 19.3 Å². The summed E-state index contributed by atoms with van der Waals surface area (Å²) >= 11 is 2.28. The van der Waals surface area contributed by atoms with E-state index in [1.54, 1.807) is 0 Å². The molecule has 0 bridgehead atoms. The molecule has 1 saturated carbocycles. The number of rotatable bonds is 4. The molecule has 3 nitrogen and oxygen atoms in total. The van der Waals surface area contributed by atoms with Gasteiger partial charge in [0.25, 0.3) is 0 Å². The van der Waals surface area contributed by atoms with Gasteiger partial charge < -0.3 is 11.1 Å². The number of aryl methyl sites for hydroxylation is 1. The highest BCUT2D eigenvalue weighted by Gasteiger charge is 2.32. The molecule has 1 aromatic rings. The first-order valence-corrected chi connectivity index (χ1v) is 8.39. The Morgan fingerprint density at radius 3 is 2.65 bits per heavy atom. The molecule has 2 rings (SSSR count). The average molecular weight is 386 g/mol. The van der Waals surface area contributed by atoms with Crippen LogP contribution in [0.1, 0.15) is 44.1 Å². The van der Waals surface area contributed by atoms with E-state index in [-0.39, 0.29) is 11.3 Å². The highest BCUT2D eigenvalue weighted by molar-refractivity contribution is 14.1. The molecule has 0 spiro atoms. The number of anilines is 1. The topological polar surface area (TPSA) is 55.1 Å². The largest absolute Gasteiger partial charge is 0.330 e. The lowest BCUT2D eigenvalue weighted by atomic mass is 9.71. The molecule has 20 heavy (non-hydrogen) atoms. The maximum Gasteiger partial charge on any atom is 0.224 e. The van der Waals surface area contributed by atoms with Gasteiger partial charge in [-0.2, -0.15) is 0 Å². The predicted octanol–water partition coefficient (Wildman–Crippen LogP) is 3.84. The Morgan fingerprint density at radius 2 is 2.05 bits per heavy atom. The molecule has 1 aromatic carbocycles. The summed E-state index contributed by atoms with van der Waals surface area (Å²) in [7, 11) is 0. The number of benzene rings is 1. The third kappa shape index (κ3) is 3.95. The second-order valence-electron chi connectivity index (χ2n) is 5.95. The van der Waals surface area contributed by atoms with Crippen LogP contribution >= 0.6 is 22.6 Å². The zero-order chi connectivity index (χ0) is 14.6. The lowest BCUT2D eigenvalue weighted by Crippen LogP contribution is -2.36. The minimum Gasteiger partial charge on any atom is -0.330 e. The maximum atomic E-state index is 12.3. The van der Waals surface area contributed by atoms with Crippen molar-refractivity contribution in [2.24, 2.45) is 11.1 Å². The van der Waals surface area contributed by atoms with Crippen molar-refractivity contribution in [3.63, 3.8) is 0 Å². The molecule has 4 heteroatoms. The third-order valence-electron chi connectivity index (χ3n) is 4.35. The molecule has 0 aliphatic heterocycles. The number of hydrogen-bond acceptors (Lipinski definition) is 2. The van der Waals surface area contributed by atoms with Crippen LogP contribution in [-0.4, -0.2) is 12.5 Å². The average Bonchev–Trinajstić information content (AvgIpc) is 2.43. The highest BCUT2D eigenvalue weighted by Crippen LogP contribution is 2.38. The molecule has 110 valence electrons. The summed E-state index contributed by atoms with van der Waals surface area (Å²) in [5, 5.41) is 3.05. The standard InChI is InChI=1S/C16H23IN2O/c1-12-9-13(17)5-6-14(12)19-15(20)10-16(11-18)7-3-2-4-8-16/h5-6,9H,2-4,7-8,10-11,18H2,1H3,(H,19,20). The Morgan fingerprint density at radius 1 is 1.35 bits per heavy atom. The molecular weight excluding hydrogens is 363 g/mol. The Balaban J connectivity index is 2.00. The molecule has 3 N–H and O–H groups in total. The Kier molecular flexibility index (Phi) is 5.43. The van der Waals surface area contributed by atoms with Crippen molar-refractivity contribution in [1.82, 2.24) is 0 Å². The van der Waals surface area contributed by atoms with E-state index < -0.39 is 0 Å². The number of hydrogen-bond donors (Lipinski definition) is 2. The van der Waals surface area contributed by atoms with Crippen molar-refractivity contribution in [1.29, 1.82) is 0 Å². The summed E-state index contributed by atoms with van der Waals surface area (Å²) in [6.45, 7) is 2.64. The van der Waals surface area contributed by atoms with Gasteiger partial charge in [-0.3, -0.25) is 4.79 Å². The quantitative estimate of drug-likeness (QED) is 0.773. The van der Waals surface area contributed by atoms with Crippen molar-refractivity contribution in [3.05, 3.63) is 27.3 Å². The molecule has 0 aromatic heterocycles. The molecule has 0 heterocycles. The van der Waals surface area contributed by atoms with Crippen molar-refractivity contribution < 1.29 is 4.79 Å². The number of carbonyl (C=O) groups excluding carboxylic acids is 1. The smallest absolute Gasteiger partial charge is 0.224 e. The SMILES string of the molecule is Cc1cc(I)ccc1NC(=O)CC1(CN)CCCCC1. The number of nitrogens with two attached hydrogens (primary N) is 1. The highest BCUT2D eigenvalue weighted by atomic mass is 127. The van der Waals surface area contributed by atoms with Gasteiger partial charge in [0.1, 0.15) is 0 Å². The van der Waals surface area contributed by atoms with E-state index in [9.17, 15) is 4.79 Å². The first-order valence-electron chi connectivity index (χ1n) is 7.31. The van der Waals surface area contributed by atoms with Crippen molar-refractivity contribution >= 4 is 34.2 Å². The van der Waals surface area contributed by atoms with Crippen LogP contribution < -0.4 is 11.1 Å². The second kappa shape index (κ2) is 6.89. The lowest BCUT2D eigenvalue weighted by molar-refractivity contribution is -0.118. The van der Waals surface area contributed by atoms with E-state index in [0.29, 0.717) is 13.0 Å². The maximum absolute atomic E-state index is 12.3. The van der Waals surface area contributed by atoms with E-state index in [1.807, 2.05) is 19.1 Å². The summed E-state index contributed by atoms with van der Waals surface area (Å²) in [5.74, 6) is 0.0988. The van der Waals surface area contributed by atoms with E-state index in [4.69, 9.17) is 5.73 Å². The van der Waals surface area contributed by atoms with Crippen LogP contribution in [0.5, 0.6) is 0 Å². The minimum absolute atomic E-state index is 0.0272. The van der Waals surface area contributed by atoms with Crippen LogP contribution in [0.15, 0.2) is 18.2 Å². The normalized spacial score (nSPS) is 17.8. The van der Waals surface area contributed by atoms with Crippen LogP contribution in [0, 0.1) is 15.9 Å². The number of halogens is 1. The van der Waals surface area contributed by atoms with Gasteiger partial charge in [-0.15, -0.1) is 0 Å². The molecule has 0 radical (unpaired) electrons. The van der Waals surface area contributed by atoms with Gasteiger partial charge >= 0.3 is 0 Å². The Hall–Kier alpha value is -0.620. The first kappa shape index (κ1) is 15.8. The number of carbonyl (C=O) groups is 1. The molecular formula is C16H23IN2O. The van der Waals surface area contributed by atoms with Crippen LogP contribution in [0.4, 0.5) is 5.69 Å². The van der Waals surface area contributed by atoms with Crippen molar-refractivity contribution in [2.75, 3.05) is 11.9 Å². The van der Waals surface area contributed by atoms with Gasteiger partial charge in [0.05, 0.1) is 0 Å². The minimum atomic E-state index is 0.0272. The van der Waals surface area contributed by atoms with Gasteiger partial charge in [0.15, 0.2) is 0 Å². The summed E-state index contributed by atoms with van der Waals surface area (Å²) in [6, 6.07) is 6.07. The molecule has 0 saturated heterocycles. The van der Waals surface area contributed by atoms with Gasteiger partial charge in [-0.25, -0.2) is 0 Å². The van der Waals surface area contributed by atoms with Crippen LogP contribution in [0.25, 0.3) is 0 Å². The van der Waals surface area contributed by atoms with Crippen LogP contribution in [-0.2, 0) is 4.79 Å². The molecule has 1 aliphatic carbocycles. The fourth-order valence-electron chi connectivity index (χ4n) is 3.06. The molecule has 0 atom stereocenters. The second-order valence-corrected chi connectivity index (χ2v) is 7.19. The lowest BCUT2D eigenvalue weighted by Gasteiger charge is -2.35. The van der Waals surface area contributed by atoms with Crippen LogP contribution in [0.3, 0.4) is 0 Å². The van der Waals surface area contributed by atoms with Crippen molar-refractivity contribution in [2.45, 2.75) is 45.4 Å². The monoisotopic (exact) mass is 386 g/mol. The molecule has 1 fully saturated rings. The van der Waals surface area contributed by atoms with Crippen LogP contribution in [0.2, 0.25) is 0 Å². The summed E-state index contributed by atoms with van der Waals surface area (Å²) in [5.41, 5.74) is 8.00. The van der Waals surface area contributed by atoms with Gasteiger partial charge in [0, 0.05) is 15.7 Å². The van der Waals surface area contributed by atoms with Crippen molar-refractivity contribution in [3.8, 4) is 0 Å². The Labute approximate surface area is 134 Å². The summed E-state index contributed by atoms with van der Waals surface area (Å²) < 4.78 is 1.18. The van der Waals surface area contributed by atoms with Gasteiger partial charge in [-0.05, 0) is 78.1 Å². The zero-order valence-corrected chi connectivity index (χ0v) is 14.2. The van der Waals surface area contributed by atoms with E-state index in [2.05, 4.69) is 34.0 Å². The fraction of sp³-hybridized carbons (Fsp3) is 0.562. The number of amides is 1. The first-order chi connectivity index (χ1) is 9.54.